The van der Waals surface area contributed by atoms with Gasteiger partial charge in [0.25, 0.3) is 5.91 Å². The number of nitrogens with zero attached hydrogens (tertiary/aromatic N) is 1. The minimum Gasteiger partial charge on any atom is -0.497 e. The predicted molar refractivity (Wildman–Crippen MR) is 115 cm³/mol. The molecule has 0 saturated carbocycles. The molecule has 162 valence electrons. The van der Waals surface area contributed by atoms with E-state index in [9.17, 15) is 9.18 Å². The molecule has 3 aromatic rings. The van der Waals surface area contributed by atoms with Crippen molar-refractivity contribution >= 4 is 11.6 Å². The zero-order valence-corrected chi connectivity index (χ0v) is 17.3. The number of halogens is 1. The second kappa shape index (κ2) is 9.55. The molecule has 7 heteroatoms. The van der Waals surface area contributed by atoms with Gasteiger partial charge in [0.05, 0.1) is 7.11 Å². The van der Waals surface area contributed by atoms with E-state index in [1.807, 2.05) is 12.1 Å². The summed E-state index contributed by atoms with van der Waals surface area (Å²) < 4.78 is 29.3. The molecule has 0 radical (unpaired) electrons. The van der Waals surface area contributed by atoms with Gasteiger partial charge >= 0.3 is 0 Å². The fourth-order valence-electron chi connectivity index (χ4n) is 3.59. The van der Waals surface area contributed by atoms with Crippen LogP contribution < -0.4 is 19.7 Å². The van der Waals surface area contributed by atoms with Gasteiger partial charge in [0.2, 0.25) is 0 Å². The van der Waals surface area contributed by atoms with Crippen molar-refractivity contribution in [2.75, 3.05) is 25.1 Å². The first kappa shape index (κ1) is 20.8. The third-order valence-corrected chi connectivity index (χ3v) is 5.35. The predicted octanol–water partition coefficient (Wildman–Crippen LogP) is 4.41. The normalized spacial score (nSPS) is 14.3. The van der Waals surface area contributed by atoms with E-state index in [1.54, 1.807) is 31.4 Å². The van der Waals surface area contributed by atoms with Crippen LogP contribution in [0.15, 0.2) is 65.1 Å². The Hall–Kier alpha value is -3.48. The van der Waals surface area contributed by atoms with Crippen LogP contribution >= 0.6 is 0 Å². The van der Waals surface area contributed by atoms with E-state index in [4.69, 9.17) is 13.9 Å². The zero-order valence-electron chi connectivity index (χ0n) is 17.3. The van der Waals surface area contributed by atoms with Gasteiger partial charge in [-0.2, -0.15) is 0 Å². The molecule has 1 amide bonds. The Kier molecular flexibility index (Phi) is 6.40. The van der Waals surface area contributed by atoms with Gasteiger partial charge < -0.3 is 24.1 Å². The average molecular weight is 424 g/mol. The Balaban J connectivity index is 1.25. The van der Waals surface area contributed by atoms with Gasteiger partial charge in [-0.15, -0.1) is 0 Å². The number of benzene rings is 2. The summed E-state index contributed by atoms with van der Waals surface area (Å²) in [4.78, 5) is 14.9. The third kappa shape index (κ3) is 5.36. The minimum atomic E-state index is -0.320. The van der Waals surface area contributed by atoms with Crippen LogP contribution in [0, 0.1) is 5.82 Å². The molecule has 2 heterocycles. The van der Waals surface area contributed by atoms with Crippen LogP contribution in [0.1, 0.15) is 29.2 Å². The monoisotopic (exact) mass is 424 g/mol. The highest BCUT2D eigenvalue weighted by Gasteiger charge is 2.22. The first-order valence-electron chi connectivity index (χ1n) is 10.3. The van der Waals surface area contributed by atoms with Crippen LogP contribution in [0.25, 0.3) is 0 Å². The molecule has 6 nitrogen and oxygen atoms in total. The molecule has 1 aromatic heterocycles. The molecule has 2 aromatic carbocycles. The Labute approximate surface area is 180 Å². The standard InChI is InChI=1S/C24H25FN2O4/c1-29-20-8-4-19(5-9-20)27-14-12-18(13-15-27)26-24(28)23-11-10-22(31-23)16-30-21-6-2-17(25)3-7-21/h2-11,18H,12-16H2,1H3,(H,26,28). The van der Waals surface area contributed by atoms with Crippen LogP contribution in [0.4, 0.5) is 10.1 Å². The molecule has 0 spiro atoms. The van der Waals surface area contributed by atoms with E-state index in [0.29, 0.717) is 11.5 Å². The van der Waals surface area contributed by atoms with Crippen molar-refractivity contribution in [3.63, 3.8) is 0 Å². The summed E-state index contributed by atoms with van der Waals surface area (Å²) >= 11 is 0. The largest absolute Gasteiger partial charge is 0.497 e. The lowest BCUT2D eigenvalue weighted by Crippen LogP contribution is -2.44. The summed E-state index contributed by atoms with van der Waals surface area (Å²) in [6, 6.07) is 17.2. The van der Waals surface area contributed by atoms with Crippen molar-refractivity contribution < 1.29 is 23.1 Å². The van der Waals surface area contributed by atoms with E-state index in [-0.39, 0.29) is 30.1 Å². The topological polar surface area (TPSA) is 63.9 Å². The maximum atomic E-state index is 12.9. The lowest BCUT2D eigenvalue weighted by molar-refractivity contribution is 0.0899. The quantitative estimate of drug-likeness (QED) is 0.609. The highest BCUT2D eigenvalue weighted by molar-refractivity contribution is 5.91. The van der Waals surface area contributed by atoms with Gasteiger partial charge in [0, 0.05) is 24.8 Å². The van der Waals surface area contributed by atoms with Crippen LogP contribution in [-0.4, -0.2) is 32.1 Å². The van der Waals surface area contributed by atoms with Crippen molar-refractivity contribution in [3.8, 4) is 11.5 Å². The first-order valence-corrected chi connectivity index (χ1v) is 10.3. The van der Waals surface area contributed by atoms with Gasteiger partial charge in [-0.25, -0.2) is 4.39 Å². The maximum absolute atomic E-state index is 12.9. The fraction of sp³-hybridized carbons (Fsp3) is 0.292. The van der Waals surface area contributed by atoms with Crippen molar-refractivity contribution in [1.82, 2.24) is 5.32 Å². The Morgan fingerprint density at radius 3 is 2.39 bits per heavy atom. The molecule has 1 saturated heterocycles. The second-order valence-corrected chi connectivity index (χ2v) is 7.44. The van der Waals surface area contributed by atoms with E-state index < -0.39 is 0 Å². The Morgan fingerprint density at radius 2 is 1.71 bits per heavy atom. The maximum Gasteiger partial charge on any atom is 0.287 e. The number of rotatable bonds is 7. The Bertz CT molecular complexity index is 993. The van der Waals surface area contributed by atoms with E-state index in [2.05, 4.69) is 22.3 Å². The highest BCUT2D eigenvalue weighted by atomic mass is 19.1. The zero-order chi connectivity index (χ0) is 21.6. The summed E-state index contributed by atoms with van der Waals surface area (Å²) in [6.45, 7) is 1.90. The molecule has 0 atom stereocenters. The number of carbonyl (C=O) groups is 1. The molecule has 31 heavy (non-hydrogen) atoms. The van der Waals surface area contributed by atoms with Gasteiger partial charge in [-0.3, -0.25) is 4.79 Å². The van der Waals surface area contributed by atoms with Gasteiger partial charge in [-0.1, -0.05) is 0 Å². The number of piperidine rings is 1. The van der Waals surface area contributed by atoms with Gasteiger partial charge in [-0.05, 0) is 73.5 Å². The highest BCUT2D eigenvalue weighted by Crippen LogP contribution is 2.23. The summed E-state index contributed by atoms with van der Waals surface area (Å²) in [7, 11) is 1.66. The van der Waals surface area contributed by atoms with Gasteiger partial charge in [0.1, 0.15) is 29.7 Å². The lowest BCUT2D eigenvalue weighted by Gasteiger charge is -2.33. The number of furan rings is 1. The summed E-state index contributed by atoms with van der Waals surface area (Å²) in [5.41, 5.74) is 1.16. The number of hydrogen-bond donors (Lipinski definition) is 1. The number of ether oxygens (including phenoxy) is 2. The molecule has 0 aliphatic carbocycles. The van der Waals surface area contributed by atoms with Crippen LogP contribution in [0.5, 0.6) is 11.5 Å². The van der Waals surface area contributed by atoms with E-state index in [0.717, 1.165) is 37.4 Å². The van der Waals surface area contributed by atoms with Crippen LogP contribution in [-0.2, 0) is 6.61 Å². The van der Waals surface area contributed by atoms with Crippen molar-refractivity contribution in [3.05, 3.63) is 78.0 Å². The van der Waals surface area contributed by atoms with Crippen molar-refractivity contribution in [1.29, 1.82) is 0 Å². The molecule has 1 aliphatic heterocycles. The van der Waals surface area contributed by atoms with Crippen LogP contribution in [0.2, 0.25) is 0 Å². The lowest BCUT2D eigenvalue weighted by atomic mass is 10.0. The molecule has 0 bridgehead atoms. The minimum absolute atomic E-state index is 0.103. The number of methoxy groups -OCH3 is 1. The number of nitrogens with one attached hydrogen (secondary N) is 1. The average Bonchev–Trinajstić information content (AvgIpc) is 3.29. The summed E-state index contributed by atoms with van der Waals surface area (Å²) in [5.74, 6) is 1.62. The number of anilines is 1. The first-order chi connectivity index (χ1) is 15.1. The van der Waals surface area contributed by atoms with Crippen molar-refractivity contribution in [2.45, 2.75) is 25.5 Å². The summed E-state index contributed by atoms with van der Waals surface area (Å²) in [5, 5.41) is 3.06. The van der Waals surface area contributed by atoms with E-state index in [1.165, 1.54) is 12.1 Å². The van der Waals surface area contributed by atoms with Gasteiger partial charge in [0.15, 0.2) is 5.76 Å². The molecule has 1 fully saturated rings. The Morgan fingerprint density at radius 1 is 1.03 bits per heavy atom. The fourth-order valence-corrected chi connectivity index (χ4v) is 3.59. The molecule has 4 rings (SSSR count). The SMILES string of the molecule is COc1ccc(N2CCC(NC(=O)c3ccc(COc4ccc(F)cc4)o3)CC2)cc1. The molecular weight excluding hydrogens is 399 g/mol. The smallest absolute Gasteiger partial charge is 0.287 e. The van der Waals surface area contributed by atoms with Crippen LogP contribution in [0.3, 0.4) is 0 Å². The number of amides is 1. The second-order valence-electron chi connectivity index (χ2n) is 7.44. The summed E-state index contributed by atoms with van der Waals surface area (Å²) in [6.07, 6.45) is 1.72. The number of hydrogen-bond acceptors (Lipinski definition) is 5. The van der Waals surface area contributed by atoms with Crippen molar-refractivity contribution in [2.24, 2.45) is 0 Å². The molecule has 1 aliphatic rings. The molecule has 1 N–H and O–H groups in total. The van der Waals surface area contributed by atoms with E-state index >= 15 is 0 Å². The molecular formula is C24H25FN2O4. The number of carbonyl (C=O) groups excluding carboxylic acids is 1. The molecule has 0 unspecified atom stereocenters. The third-order valence-electron chi connectivity index (χ3n) is 5.35.